The third-order valence-electron chi connectivity index (χ3n) is 4.24. The van der Waals surface area contributed by atoms with E-state index >= 15 is 0 Å². The number of benzene rings is 1. The Morgan fingerprint density at radius 2 is 2.10 bits per heavy atom. The van der Waals surface area contributed by atoms with Crippen LogP contribution in [0.5, 0.6) is 0 Å². The van der Waals surface area contributed by atoms with Crippen LogP contribution in [0.15, 0.2) is 24.3 Å². The molecule has 3 rings (SSSR count). The predicted molar refractivity (Wildman–Crippen MR) is 83.6 cm³/mol. The number of aromatic nitrogens is 2. The number of hydrogen-bond acceptors (Lipinski definition) is 3. The first kappa shape index (κ1) is 14.5. The van der Waals surface area contributed by atoms with Gasteiger partial charge in [-0.3, -0.25) is 0 Å². The molecule has 1 saturated heterocycles. The van der Waals surface area contributed by atoms with Gasteiger partial charge in [0.25, 0.3) is 0 Å². The van der Waals surface area contributed by atoms with Gasteiger partial charge in [0.2, 0.25) is 10.0 Å². The van der Waals surface area contributed by atoms with E-state index in [0.717, 1.165) is 36.2 Å². The fourth-order valence-electron chi connectivity index (χ4n) is 3.16. The number of rotatable bonds is 3. The molecule has 114 valence electrons. The van der Waals surface area contributed by atoms with E-state index in [9.17, 15) is 8.42 Å². The number of nitrogens with zero attached hydrogens (tertiary/aromatic N) is 3. The van der Waals surface area contributed by atoms with Gasteiger partial charge in [-0.2, -0.15) is 0 Å². The van der Waals surface area contributed by atoms with E-state index in [2.05, 4.69) is 15.6 Å². The van der Waals surface area contributed by atoms with Crippen LogP contribution in [-0.2, 0) is 16.6 Å². The van der Waals surface area contributed by atoms with E-state index in [-0.39, 0.29) is 0 Å². The first-order valence-corrected chi connectivity index (χ1v) is 9.17. The molecule has 1 aliphatic heterocycles. The lowest BCUT2D eigenvalue weighted by molar-refractivity contribution is 0.247. The van der Waals surface area contributed by atoms with Gasteiger partial charge in [0.1, 0.15) is 5.82 Å². The molecular weight excluding hydrogens is 286 g/mol. The normalized spacial score (nSPS) is 21.0. The summed E-state index contributed by atoms with van der Waals surface area (Å²) in [5, 5.41) is 0. The van der Waals surface area contributed by atoms with Crippen molar-refractivity contribution in [2.45, 2.75) is 26.3 Å². The van der Waals surface area contributed by atoms with E-state index in [0.29, 0.717) is 19.0 Å². The Bertz CT molecular complexity index is 751. The average Bonchev–Trinajstić information content (AvgIpc) is 2.75. The maximum Gasteiger partial charge on any atom is 0.211 e. The van der Waals surface area contributed by atoms with E-state index in [1.54, 1.807) is 4.31 Å². The third-order valence-corrected chi connectivity index (χ3v) is 5.51. The second-order valence-electron chi connectivity index (χ2n) is 5.89. The molecule has 0 bridgehead atoms. The van der Waals surface area contributed by atoms with E-state index < -0.39 is 10.0 Å². The summed E-state index contributed by atoms with van der Waals surface area (Å²) >= 11 is 0. The van der Waals surface area contributed by atoms with Crippen molar-refractivity contribution in [2.24, 2.45) is 5.92 Å². The van der Waals surface area contributed by atoms with Crippen LogP contribution in [0.1, 0.15) is 18.7 Å². The lowest BCUT2D eigenvalue weighted by Gasteiger charge is -2.31. The van der Waals surface area contributed by atoms with Crippen LogP contribution in [0.3, 0.4) is 0 Å². The summed E-state index contributed by atoms with van der Waals surface area (Å²) in [5.74, 6) is 1.34. The quantitative estimate of drug-likeness (QED) is 0.871. The molecule has 5 nitrogen and oxygen atoms in total. The van der Waals surface area contributed by atoms with Crippen molar-refractivity contribution >= 4 is 21.1 Å². The van der Waals surface area contributed by atoms with Crippen molar-refractivity contribution in [1.82, 2.24) is 13.9 Å². The summed E-state index contributed by atoms with van der Waals surface area (Å²) in [6.45, 7) is 4.11. The molecule has 2 heterocycles. The highest BCUT2D eigenvalue weighted by atomic mass is 32.2. The maximum atomic E-state index is 11.7. The minimum Gasteiger partial charge on any atom is -0.328 e. The Labute approximate surface area is 125 Å². The molecule has 1 fully saturated rings. The number of para-hydroxylation sites is 2. The molecule has 2 aromatic rings. The topological polar surface area (TPSA) is 55.2 Å². The fraction of sp³-hybridized carbons (Fsp3) is 0.533. The highest BCUT2D eigenvalue weighted by Crippen LogP contribution is 2.23. The fourth-order valence-corrected chi connectivity index (χ4v) is 4.10. The Morgan fingerprint density at radius 1 is 1.33 bits per heavy atom. The van der Waals surface area contributed by atoms with Crippen LogP contribution in [0, 0.1) is 12.8 Å². The summed E-state index contributed by atoms with van der Waals surface area (Å²) in [4.78, 5) is 4.58. The summed E-state index contributed by atoms with van der Waals surface area (Å²) in [6.07, 6.45) is 3.30. The largest absolute Gasteiger partial charge is 0.328 e. The van der Waals surface area contributed by atoms with Crippen molar-refractivity contribution in [3.63, 3.8) is 0 Å². The predicted octanol–water partition coefficient (Wildman–Crippen LogP) is 2.02. The minimum atomic E-state index is -3.08. The van der Waals surface area contributed by atoms with Crippen molar-refractivity contribution in [2.75, 3.05) is 19.3 Å². The minimum absolute atomic E-state index is 0.352. The third kappa shape index (κ3) is 2.96. The van der Waals surface area contributed by atoms with Gasteiger partial charge >= 0.3 is 0 Å². The number of piperidine rings is 1. The van der Waals surface area contributed by atoms with Crippen molar-refractivity contribution in [3.05, 3.63) is 30.1 Å². The average molecular weight is 307 g/mol. The summed E-state index contributed by atoms with van der Waals surface area (Å²) in [7, 11) is -3.08. The van der Waals surface area contributed by atoms with Gasteiger partial charge in [-0.15, -0.1) is 0 Å². The first-order chi connectivity index (χ1) is 9.95. The zero-order chi connectivity index (χ0) is 15.0. The molecule has 21 heavy (non-hydrogen) atoms. The van der Waals surface area contributed by atoms with E-state index in [1.165, 1.54) is 6.26 Å². The van der Waals surface area contributed by atoms with Crippen molar-refractivity contribution in [3.8, 4) is 0 Å². The second kappa shape index (κ2) is 5.42. The van der Waals surface area contributed by atoms with Crippen molar-refractivity contribution in [1.29, 1.82) is 0 Å². The highest BCUT2D eigenvalue weighted by molar-refractivity contribution is 7.88. The number of aryl methyl sites for hydroxylation is 1. The number of hydrogen-bond donors (Lipinski definition) is 0. The van der Waals surface area contributed by atoms with E-state index in [4.69, 9.17) is 0 Å². The summed E-state index contributed by atoms with van der Waals surface area (Å²) in [6, 6.07) is 8.10. The van der Waals surface area contributed by atoms with Gasteiger partial charge in [0, 0.05) is 19.6 Å². The number of sulfonamides is 1. The van der Waals surface area contributed by atoms with Crippen LogP contribution < -0.4 is 0 Å². The number of imidazole rings is 1. The Hall–Kier alpha value is -1.40. The molecule has 1 aliphatic rings. The molecule has 0 amide bonds. The lowest BCUT2D eigenvalue weighted by atomic mass is 9.99. The Kier molecular flexibility index (Phi) is 3.75. The van der Waals surface area contributed by atoms with Crippen LogP contribution in [0.25, 0.3) is 11.0 Å². The van der Waals surface area contributed by atoms with E-state index in [1.807, 2.05) is 25.1 Å². The molecule has 1 aromatic carbocycles. The Morgan fingerprint density at radius 3 is 2.86 bits per heavy atom. The maximum absolute atomic E-state index is 11.7. The smallest absolute Gasteiger partial charge is 0.211 e. The van der Waals surface area contributed by atoms with Crippen molar-refractivity contribution < 1.29 is 8.42 Å². The standard InChI is InChI=1S/C15H21N3O2S/c1-12-16-14-7-3-4-8-15(14)18(12)11-13-6-5-9-17(10-13)21(2,19)20/h3-4,7-8,13H,5-6,9-11H2,1-2H3. The number of fused-ring (bicyclic) bond motifs is 1. The second-order valence-corrected chi connectivity index (χ2v) is 7.87. The van der Waals surface area contributed by atoms with Gasteiger partial charge in [0.05, 0.1) is 17.3 Å². The van der Waals surface area contributed by atoms with Gasteiger partial charge in [0.15, 0.2) is 0 Å². The molecule has 0 N–H and O–H groups in total. The van der Waals surface area contributed by atoms with Gasteiger partial charge < -0.3 is 4.57 Å². The van der Waals surface area contributed by atoms with Gasteiger partial charge in [-0.1, -0.05) is 12.1 Å². The molecule has 1 aromatic heterocycles. The molecule has 1 atom stereocenters. The molecular formula is C15H21N3O2S. The first-order valence-electron chi connectivity index (χ1n) is 7.32. The zero-order valence-corrected chi connectivity index (χ0v) is 13.3. The molecule has 1 unspecified atom stereocenters. The van der Waals surface area contributed by atoms with Crippen LogP contribution in [0.2, 0.25) is 0 Å². The summed E-state index contributed by atoms with van der Waals surface area (Å²) in [5.41, 5.74) is 2.14. The SMILES string of the molecule is Cc1nc2ccccc2n1CC1CCCN(S(C)(=O)=O)C1. The van der Waals surface area contributed by atoms with Gasteiger partial charge in [-0.25, -0.2) is 17.7 Å². The van der Waals surface area contributed by atoms with Gasteiger partial charge in [-0.05, 0) is 37.8 Å². The molecule has 6 heteroatoms. The molecule has 0 radical (unpaired) electrons. The van der Waals surface area contributed by atoms with Crippen LogP contribution >= 0.6 is 0 Å². The summed E-state index contributed by atoms with van der Waals surface area (Å²) < 4.78 is 27.3. The van der Waals surface area contributed by atoms with Crippen LogP contribution in [0.4, 0.5) is 0 Å². The Balaban J connectivity index is 1.84. The monoisotopic (exact) mass is 307 g/mol. The zero-order valence-electron chi connectivity index (χ0n) is 12.5. The molecule has 0 saturated carbocycles. The molecule has 0 aliphatic carbocycles. The highest BCUT2D eigenvalue weighted by Gasteiger charge is 2.26. The van der Waals surface area contributed by atoms with Crippen LogP contribution in [-0.4, -0.2) is 41.6 Å². The lowest BCUT2D eigenvalue weighted by Crippen LogP contribution is -2.40. The molecule has 0 spiro atoms.